The molecule has 27 heavy (non-hydrogen) atoms. The molecule has 144 valence electrons. The number of rotatable bonds is 6. The molecule has 0 heterocycles. The van der Waals surface area contributed by atoms with E-state index < -0.39 is 17.7 Å². The Labute approximate surface area is 160 Å². The van der Waals surface area contributed by atoms with E-state index in [4.69, 9.17) is 9.47 Å². The third-order valence-electron chi connectivity index (χ3n) is 4.10. The molecule has 0 saturated heterocycles. The number of carbonyl (C=O) groups is 2. The predicted octanol–water partition coefficient (Wildman–Crippen LogP) is 4.36. The van der Waals surface area contributed by atoms with E-state index in [1.165, 1.54) is 4.90 Å². The SMILES string of the molecule is COc1ccc(C(=O)C(Cc2ccccc2)N(C)C(=O)OC(C)(C)C)cc1. The summed E-state index contributed by atoms with van der Waals surface area (Å²) in [6.45, 7) is 5.41. The van der Waals surface area contributed by atoms with Gasteiger partial charge in [0.1, 0.15) is 17.4 Å². The summed E-state index contributed by atoms with van der Waals surface area (Å²) in [4.78, 5) is 27.1. The molecule has 2 aromatic carbocycles. The molecule has 0 bridgehead atoms. The van der Waals surface area contributed by atoms with Crippen molar-refractivity contribution in [1.82, 2.24) is 4.90 Å². The summed E-state index contributed by atoms with van der Waals surface area (Å²) in [7, 11) is 3.18. The standard InChI is InChI=1S/C22H27NO4/c1-22(2,3)27-21(25)23(4)19(15-16-9-7-6-8-10-16)20(24)17-11-13-18(26-5)14-12-17/h6-14,19H,15H2,1-5H3. The lowest BCUT2D eigenvalue weighted by Crippen LogP contribution is -2.46. The van der Waals surface area contributed by atoms with Gasteiger partial charge >= 0.3 is 6.09 Å². The summed E-state index contributed by atoms with van der Waals surface area (Å²) < 4.78 is 10.6. The van der Waals surface area contributed by atoms with Crippen molar-refractivity contribution >= 4 is 11.9 Å². The molecular weight excluding hydrogens is 342 g/mol. The second kappa shape index (κ2) is 8.71. The third kappa shape index (κ3) is 5.84. The number of amides is 1. The number of hydrogen-bond acceptors (Lipinski definition) is 4. The van der Waals surface area contributed by atoms with Crippen molar-refractivity contribution < 1.29 is 19.1 Å². The number of likely N-dealkylation sites (N-methyl/N-ethyl adjacent to an activating group) is 1. The quantitative estimate of drug-likeness (QED) is 0.710. The fourth-order valence-electron chi connectivity index (χ4n) is 2.65. The molecule has 2 rings (SSSR count). The number of methoxy groups -OCH3 is 1. The molecule has 0 aliphatic rings. The highest BCUT2D eigenvalue weighted by molar-refractivity contribution is 6.01. The van der Waals surface area contributed by atoms with E-state index >= 15 is 0 Å². The van der Waals surface area contributed by atoms with Crippen molar-refractivity contribution in [2.24, 2.45) is 0 Å². The Morgan fingerprint density at radius 1 is 1.00 bits per heavy atom. The van der Waals surface area contributed by atoms with Crippen LogP contribution in [0.1, 0.15) is 36.7 Å². The Bertz CT molecular complexity index is 763. The first-order valence-electron chi connectivity index (χ1n) is 8.89. The van der Waals surface area contributed by atoms with Crippen molar-refractivity contribution in [2.75, 3.05) is 14.2 Å². The summed E-state index contributed by atoms with van der Waals surface area (Å²) in [5.41, 5.74) is 0.859. The number of carbonyl (C=O) groups excluding carboxylic acids is 2. The minimum absolute atomic E-state index is 0.144. The van der Waals surface area contributed by atoms with Gasteiger partial charge < -0.3 is 14.4 Å². The smallest absolute Gasteiger partial charge is 0.410 e. The molecule has 0 aliphatic carbocycles. The van der Waals surface area contributed by atoms with E-state index in [0.29, 0.717) is 17.7 Å². The molecule has 0 N–H and O–H groups in total. The lowest BCUT2D eigenvalue weighted by atomic mass is 9.96. The van der Waals surface area contributed by atoms with Crippen LogP contribution in [0.4, 0.5) is 4.79 Å². The maximum atomic E-state index is 13.2. The highest BCUT2D eigenvalue weighted by Crippen LogP contribution is 2.19. The Hall–Kier alpha value is -2.82. The van der Waals surface area contributed by atoms with Crippen molar-refractivity contribution in [3.8, 4) is 5.75 Å². The minimum atomic E-state index is -0.671. The van der Waals surface area contributed by atoms with Crippen molar-refractivity contribution in [3.05, 3.63) is 65.7 Å². The van der Waals surface area contributed by atoms with E-state index in [9.17, 15) is 9.59 Å². The highest BCUT2D eigenvalue weighted by Gasteiger charge is 2.31. The topological polar surface area (TPSA) is 55.8 Å². The number of hydrogen-bond donors (Lipinski definition) is 0. The predicted molar refractivity (Wildman–Crippen MR) is 105 cm³/mol. The van der Waals surface area contributed by atoms with Gasteiger partial charge in [-0.2, -0.15) is 0 Å². The summed E-state index contributed by atoms with van der Waals surface area (Å²) in [6.07, 6.45) is -0.119. The Morgan fingerprint density at radius 2 is 1.59 bits per heavy atom. The minimum Gasteiger partial charge on any atom is -0.497 e. The molecular formula is C22H27NO4. The molecule has 2 aromatic rings. The Balaban J connectivity index is 2.30. The van der Waals surface area contributed by atoms with Crippen LogP contribution in [0.3, 0.4) is 0 Å². The van der Waals surface area contributed by atoms with Gasteiger partial charge in [-0.05, 0) is 50.6 Å². The highest BCUT2D eigenvalue weighted by atomic mass is 16.6. The second-order valence-corrected chi connectivity index (χ2v) is 7.39. The van der Waals surface area contributed by atoms with Crippen LogP contribution in [-0.4, -0.2) is 42.6 Å². The lowest BCUT2D eigenvalue weighted by Gasteiger charge is -2.30. The average molecular weight is 369 g/mol. The zero-order chi connectivity index (χ0) is 20.0. The molecule has 5 nitrogen and oxygen atoms in total. The van der Waals surface area contributed by atoms with Gasteiger partial charge in [-0.1, -0.05) is 30.3 Å². The maximum Gasteiger partial charge on any atom is 0.410 e. The first-order valence-corrected chi connectivity index (χ1v) is 8.89. The molecule has 1 unspecified atom stereocenters. The average Bonchev–Trinajstić information content (AvgIpc) is 2.64. The zero-order valence-corrected chi connectivity index (χ0v) is 16.6. The normalized spacial score (nSPS) is 12.2. The molecule has 0 fully saturated rings. The maximum absolute atomic E-state index is 13.2. The van der Waals surface area contributed by atoms with Gasteiger partial charge in [-0.3, -0.25) is 4.79 Å². The van der Waals surface area contributed by atoms with Crippen LogP contribution in [0.15, 0.2) is 54.6 Å². The van der Waals surface area contributed by atoms with Crippen LogP contribution in [0, 0.1) is 0 Å². The first kappa shape index (κ1) is 20.5. The van der Waals surface area contributed by atoms with Crippen LogP contribution in [0.25, 0.3) is 0 Å². The summed E-state index contributed by atoms with van der Waals surface area (Å²) in [6, 6.07) is 15.9. The van der Waals surface area contributed by atoms with E-state index in [2.05, 4.69) is 0 Å². The van der Waals surface area contributed by atoms with Crippen LogP contribution in [0.2, 0.25) is 0 Å². The lowest BCUT2D eigenvalue weighted by molar-refractivity contribution is 0.0217. The van der Waals surface area contributed by atoms with Crippen molar-refractivity contribution in [1.29, 1.82) is 0 Å². The molecule has 0 aliphatic heterocycles. The van der Waals surface area contributed by atoms with Gasteiger partial charge in [0.25, 0.3) is 0 Å². The molecule has 5 heteroatoms. The number of benzene rings is 2. The number of nitrogens with zero attached hydrogens (tertiary/aromatic N) is 1. The van der Waals surface area contributed by atoms with Gasteiger partial charge in [-0.15, -0.1) is 0 Å². The van der Waals surface area contributed by atoms with E-state index in [1.54, 1.807) is 59.2 Å². The van der Waals surface area contributed by atoms with Gasteiger partial charge in [0.15, 0.2) is 5.78 Å². The van der Waals surface area contributed by atoms with Crippen LogP contribution in [0.5, 0.6) is 5.75 Å². The summed E-state index contributed by atoms with van der Waals surface area (Å²) >= 11 is 0. The molecule has 0 saturated carbocycles. The van der Waals surface area contributed by atoms with Gasteiger partial charge in [0.2, 0.25) is 0 Å². The van der Waals surface area contributed by atoms with Gasteiger partial charge in [0, 0.05) is 19.0 Å². The van der Waals surface area contributed by atoms with Crippen LogP contribution in [-0.2, 0) is 11.2 Å². The van der Waals surface area contributed by atoms with E-state index in [-0.39, 0.29) is 5.78 Å². The van der Waals surface area contributed by atoms with Gasteiger partial charge in [0.05, 0.1) is 7.11 Å². The fraction of sp³-hybridized carbons (Fsp3) is 0.364. The van der Waals surface area contributed by atoms with E-state index in [0.717, 1.165) is 5.56 Å². The molecule has 0 radical (unpaired) electrons. The zero-order valence-electron chi connectivity index (χ0n) is 16.6. The molecule has 0 spiro atoms. The first-order chi connectivity index (χ1) is 12.7. The third-order valence-corrected chi connectivity index (χ3v) is 4.10. The van der Waals surface area contributed by atoms with E-state index in [1.807, 2.05) is 30.3 Å². The summed E-state index contributed by atoms with van der Waals surface area (Å²) in [5.74, 6) is 0.529. The number of ether oxygens (including phenoxy) is 2. The monoisotopic (exact) mass is 369 g/mol. The fourth-order valence-corrected chi connectivity index (χ4v) is 2.65. The van der Waals surface area contributed by atoms with Crippen molar-refractivity contribution in [3.63, 3.8) is 0 Å². The van der Waals surface area contributed by atoms with Crippen LogP contribution >= 0.6 is 0 Å². The molecule has 0 aromatic heterocycles. The second-order valence-electron chi connectivity index (χ2n) is 7.39. The van der Waals surface area contributed by atoms with Crippen molar-refractivity contribution in [2.45, 2.75) is 38.8 Å². The molecule has 1 amide bonds. The number of Topliss-reactive ketones (excluding diaryl/α,β-unsaturated/α-hetero) is 1. The number of ketones is 1. The largest absolute Gasteiger partial charge is 0.497 e. The van der Waals surface area contributed by atoms with Gasteiger partial charge in [-0.25, -0.2) is 4.79 Å². The van der Waals surface area contributed by atoms with Crippen LogP contribution < -0.4 is 4.74 Å². The Kier molecular flexibility index (Phi) is 6.61. The molecule has 1 atom stereocenters. The summed E-state index contributed by atoms with van der Waals surface area (Å²) in [5, 5.41) is 0. The Morgan fingerprint density at radius 3 is 2.11 bits per heavy atom.